The molecule has 0 amide bonds. The molecule has 0 saturated heterocycles. The largest absolute Gasteiger partial charge is 0.383 e. The van der Waals surface area contributed by atoms with E-state index in [2.05, 4.69) is 5.32 Å². The van der Waals surface area contributed by atoms with Crippen LogP contribution >= 0.6 is 0 Å². The zero-order valence-corrected chi connectivity index (χ0v) is 13.3. The SMILES string of the molecule is CCCCCN(C)S(=O)(=O)c1cccc(NC)c1[N+](=O)[O-]. The topological polar surface area (TPSA) is 92.6 Å². The van der Waals surface area contributed by atoms with Gasteiger partial charge in [-0.1, -0.05) is 25.8 Å². The van der Waals surface area contributed by atoms with Crippen LogP contribution in [0.2, 0.25) is 0 Å². The van der Waals surface area contributed by atoms with Crippen LogP contribution in [0.5, 0.6) is 0 Å². The van der Waals surface area contributed by atoms with E-state index in [1.807, 2.05) is 6.92 Å². The lowest BCUT2D eigenvalue weighted by atomic mass is 10.2. The van der Waals surface area contributed by atoms with Gasteiger partial charge in [0.05, 0.1) is 4.92 Å². The van der Waals surface area contributed by atoms with Crippen LogP contribution in [0, 0.1) is 10.1 Å². The summed E-state index contributed by atoms with van der Waals surface area (Å²) in [5.41, 5.74) is -0.231. The maximum Gasteiger partial charge on any atom is 0.312 e. The zero-order chi connectivity index (χ0) is 16.0. The molecule has 0 bridgehead atoms. The minimum Gasteiger partial charge on any atom is -0.383 e. The monoisotopic (exact) mass is 315 g/mol. The molecule has 0 aromatic heterocycles. The van der Waals surface area contributed by atoms with Gasteiger partial charge >= 0.3 is 5.69 Å². The number of sulfonamides is 1. The van der Waals surface area contributed by atoms with Crippen LogP contribution in [0.3, 0.4) is 0 Å². The lowest BCUT2D eigenvalue weighted by molar-refractivity contribution is -0.386. The standard InChI is InChI=1S/C13H21N3O4S/c1-4-5-6-10-15(3)21(19,20)12-9-7-8-11(14-2)13(12)16(17)18/h7-9,14H,4-6,10H2,1-3H3. The van der Waals surface area contributed by atoms with Crippen molar-refractivity contribution in [1.29, 1.82) is 0 Å². The van der Waals surface area contributed by atoms with Crippen molar-refractivity contribution in [3.05, 3.63) is 28.3 Å². The fourth-order valence-corrected chi connectivity index (χ4v) is 3.38. The Labute approximate surface area is 125 Å². The maximum absolute atomic E-state index is 12.5. The molecule has 0 unspecified atom stereocenters. The number of benzene rings is 1. The lowest BCUT2D eigenvalue weighted by Gasteiger charge is -2.17. The van der Waals surface area contributed by atoms with Gasteiger partial charge in [-0.25, -0.2) is 12.7 Å². The third-order valence-corrected chi connectivity index (χ3v) is 5.10. The number of nitrogens with zero attached hydrogens (tertiary/aromatic N) is 2. The first kappa shape index (κ1) is 17.4. The van der Waals surface area contributed by atoms with Gasteiger partial charge in [0.1, 0.15) is 5.69 Å². The van der Waals surface area contributed by atoms with Gasteiger partial charge in [-0.3, -0.25) is 10.1 Å². The van der Waals surface area contributed by atoms with Gasteiger partial charge in [0, 0.05) is 20.6 Å². The molecule has 0 saturated carbocycles. The summed E-state index contributed by atoms with van der Waals surface area (Å²) in [6.07, 6.45) is 2.62. The Morgan fingerprint density at radius 2 is 2.00 bits per heavy atom. The number of hydrogen-bond donors (Lipinski definition) is 1. The summed E-state index contributed by atoms with van der Waals surface area (Å²) >= 11 is 0. The number of rotatable bonds is 8. The van der Waals surface area contributed by atoms with Gasteiger partial charge in [-0.05, 0) is 18.6 Å². The molecular weight excluding hydrogens is 294 g/mol. The van der Waals surface area contributed by atoms with Crippen molar-refractivity contribution in [1.82, 2.24) is 4.31 Å². The van der Waals surface area contributed by atoms with E-state index in [9.17, 15) is 18.5 Å². The van der Waals surface area contributed by atoms with E-state index in [1.165, 1.54) is 36.6 Å². The van der Waals surface area contributed by atoms with Crippen LogP contribution in [0.25, 0.3) is 0 Å². The molecule has 1 aromatic rings. The Kier molecular flexibility index (Phi) is 6.10. The van der Waals surface area contributed by atoms with E-state index in [0.29, 0.717) is 6.54 Å². The van der Waals surface area contributed by atoms with E-state index in [-0.39, 0.29) is 10.6 Å². The highest BCUT2D eigenvalue weighted by Gasteiger charge is 2.31. The van der Waals surface area contributed by atoms with E-state index >= 15 is 0 Å². The second kappa shape index (κ2) is 7.37. The Balaban J connectivity index is 3.22. The highest BCUT2D eigenvalue weighted by atomic mass is 32.2. The average molecular weight is 315 g/mol. The minimum absolute atomic E-state index is 0.183. The molecule has 0 heterocycles. The number of unbranched alkanes of at least 4 members (excludes halogenated alkanes) is 2. The molecule has 0 radical (unpaired) electrons. The van der Waals surface area contributed by atoms with Gasteiger partial charge < -0.3 is 5.32 Å². The Hall–Kier alpha value is -1.67. The van der Waals surface area contributed by atoms with Crippen molar-refractivity contribution in [3.63, 3.8) is 0 Å². The summed E-state index contributed by atoms with van der Waals surface area (Å²) < 4.78 is 26.2. The summed E-state index contributed by atoms with van der Waals surface area (Å²) in [4.78, 5) is 10.3. The first-order valence-electron chi connectivity index (χ1n) is 6.77. The Morgan fingerprint density at radius 3 is 2.52 bits per heavy atom. The average Bonchev–Trinajstić information content (AvgIpc) is 2.46. The van der Waals surface area contributed by atoms with Crippen LogP contribution in [0.4, 0.5) is 11.4 Å². The predicted octanol–water partition coefficient (Wildman–Crippen LogP) is 2.45. The first-order chi connectivity index (χ1) is 9.86. The summed E-state index contributed by atoms with van der Waals surface area (Å²) in [5.74, 6) is 0. The van der Waals surface area contributed by atoms with Crippen LogP contribution in [0.15, 0.2) is 23.1 Å². The molecule has 0 atom stereocenters. The lowest BCUT2D eigenvalue weighted by Crippen LogP contribution is -2.28. The molecular formula is C13H21N3O4S. The van der Waals surface area contributed by atoms with E-state index in [1.54, 1.807) is 0 Å². The van der Waals surface area contributed by atoms with Crippen LogP contribution in [0.1, 0.15) is 26.2 Å². The maximum atomic E-state index is 12.5. The number of nitrogens with one attached hydrogen (secondary N) is 1. The van der Waals surface area contributed by atoms with Gasteiger partial charge in [0.2, 0.25) is 10.0 Å². The highest BCUT2D eigenvalue weighted by molar-refractivity contribution is 7.89. The molecule has 8 heteroatoms. The Morgan fingerprint density at radius 1 is 1.33 bits per heavy atom. The second-order valence-corrected chi connectivity index (χ2v) is 6.71. The normalized spacial score (nSPS) is 11.6. The number of anilines is 1. The fourth-order valence-electron chi connectivity index (χ4n) is 1.99. The number of para-hydroxylation sites is 1. The molecule has 0 fully saturated rings. The molecule has 1 aromatic carbocycles. The molecule has 1 rings (SSSR count). The summed E-state index contributed by atoms with van der Waals surface area (Å²) in [7, 11) is -0.913. The van der Waals surface area contributed by atoms with Crippen LogP contribution in [-0.4, -0.2) is 38.3 Å². The summed E-state index contributed by atoms with van der Waals surface area (Å²) in [6.45, 7) is 2.37. The number of hydrogen-bond acceptors (Lipinski definition) is 5. The third-order valence-electron chi connectivity index (χ3n) is 3.22. The zero-order valence-electron chi connectivity index (χ0n) is 12.5. The van der Waals surface area contributed by atoms with Crippen molar-refractivity contribution in [2.24, 2.45) is 0 Å². The third kappa shape index (κ3) is 3.92. The van der Waals surface area contributed by atoms with Crippen molar-refractivity contribution >= 4 is 21.4 Å². The van der Waals surface area contributed by atoms with Crippen LogP contribution < -0.4 is 5.32 Å². The van der Waals surface area contributed by atoms with Crippen molar-refractivity contribution < 1.29 is 13.3 Å². The molecule has 0 aliphatic heterocycles. The quantitative estimate of drug-likeness (QED) is 0.452. The predicted molar refractivity (Wildman–Crippen MR) is 82.0 cm³/mol. The van der Waals surface area contributed by atoms with Gasteiger partial charge in [0.15, 0.2) is 4.90 Å². The summed E-state index contributed by atoms with van der Waals surface area (Å²) in [5, 5.41) is 13.9. The molecule has 21 heavy (non-hydrogen) atoms. The van der Waals surface area contributed by atoms with E-state index in [4.69, 9.17) is 0 Å². The smallest absolute Gasteiger partial charge is 0.312 e. The van der Waals surface area contributed by atoms with Crippen molar-refractivity contribution in [2.75, 3.05) is 26.0 Å². The van der Waals surface area contributed by atoms with Crippen LogP contribution in [-0.2, 0) is 10.0 Å². The van der Waals surface area contributed by atoms with Gasteiger partial charge in [-0.15, -0.1) is 0 Å². The second-order valence-electron chi connectivity index (χ2n) is 4.69. The molecule has 0 spiro atoms. The fraction of sp³-hybridized carbons (Fsp3) is 0.538. The van der Waals surface area contributed by atoms with Crippen molar-refractivity contribution in [2.45, 2.75) is 31.1 Å². The van der Waals surface area contributed by atoms with Gasteiger partial charge in [-0.2, -0.15) is 0 Å². The number of nitro groups is 1. The number of nitro benzene ring substituents is 1. The molecule has 7 nitrogen and oxygen atoms in total. The van der Waals surface area contributed by atoms with E-state index in [0.717, 1.165) is 19.3 Å². The van der Waals surface area contributed by atoms with E-state index < -0.39 is 20.6 Å². The summed E-state index contributed by atoms with van der Waals surface area (Å²) in [6, 6.07) is 4.24. The van der Waals surface area contributed by atoms with Gasteiger partial charge in [0.25, 0.3) is 0 Å². The van der Waals surface area contributed by atoms with Crippen molar-refractivity contribution in [3.8, 4) is 0 Å². The molecule has 0 aliphatic carbocycles. The first-order valence-corrected chi connectivity index (χ1v) is 8.21. The minimum atomic E-state index is -3.88. The molecule has 1 N–H and O–H groups in total. The molecule has 118 valence electrons. The highest BCUT2D eigenvalue weighted by Crippen LogP contribution is 2.33. The Bertz CT molecular complexity index is 601. The molecule has 0 aliphatic rings.